The molecule has 3 rings (SSSR count). The third-order valence-corrected chi connectivity index (χ3v) is 6.52. The molecule has 3 heterocycles. The van der Waals surface area contributed by atoms with E-state index in [4.69, 9.17) is 4.74 Å². The van der Waals surface area contributed by atoms with E-state index in [2.05, 4.69) is 20.5 Å². The van der Waals surface area contributed by atoms with Crippen molar-refractivity contribution in [3.8, 4) is 10.7 Å². The fourth-order valence-corrected chi connectivity index (χ4v) is 4.62. The van der Waals surface area contributed by atoms with Gasteiger partial charge in [-0.2, -0.15) is 0 Å². The van der Waals surface area contributed by atoms with Crippen molar-refractivity contribution in [1.29, 1.82) is 0 Å². The van der Waals surface area contributed by atoms with E-state index in [-0.39, 0.29) is 18.3 Å². The van der Waals surface area contributed by atoms with Crippen LogP contribution in [0.4, 0.5) is 5.00 Å². The second kappa shape index (κ2) is 8.68. The van der Waals surface area contributed by atoms with Crippen LogP contribution in [-0.2, 0) is 9.53 Å². The van der Waals surface area contributed by atoms with Gasteiger partial charge in [-0.05, 0) is 37.8 Å². The van der Waals surface area contributed by atoms with E-state index in [1.807, 2.05) is 31.4 Å². The summed E-state index contributed by atoms with van der Waals surface area (Å²) in [5.74, 6) is 0.174. The average molecular weight is 423 g/mol. The Hall–Kier alpha value is -2.17. The highest BCUT2D eigenvalue weighted by atomic mass is 32.2. The molecule has 0 aliphatic carbocycles. The molecule has 0 atom stereocenters. The number of hydrogen-bond donors (Lipinski definition) is 2. The predicted molar refractivity (Wildman–Crippen MR) is 109 cm³/mol. The van der Waals surface area contributed by atoms with Crippen LogP contribution in [0.25, 0.3) is 10.7 Å². The number of carbonyl (C=O) groups excluding carboxylic acids is 2. The molecule has 3 aromatic heterocycles. The van der Waals surface area contributed by atoms with Crippen LogP contribution >= 0.6 is 34.4 Å². The molecule has 10 heteroatoms. The summed E-state index contributed by atoms with van der Waals surface area (Å²) in [5.41, 5.74) is 1.26. The molecule has 0 unspecified atom stereocenters. The standard InChI is InChI=1S/C17H18N4O3S3/c1-4-24-16(23)13-9(2)10(3)27-15(13)18-12(22)8-26-17-19-14(20-21-17)11-6-5-7-25-11/h5-7H,4,8H2,1-3H3,(H,18,22)(H,19,20,21). The molecule has 0 aliphatic heterocycles. The number of thioether (sulfide) groups is 1. The maximum Gasteiger partial charge on any atom is 0.341 e. The van der Waals surface area contributed by atoms with Gasteiger partial charge in [0, 0.05) is 4.88 Å². The number of hydrogen-bond acceptors (Lipinski definition) is 8. The summed E-state index contributed by atoms with van der Waals surface area (Å²) in [6.45, 7) is 5.80. The topological polar surface area (TPSA) is 97.0 Å². The minimum atomic E-state index is -0.420. The lowest BCUT2D eigenvalue weighted by molar-refractivity contribution is -0.113. The van der Waals surface area contributed by atoms with Crippen molar-refractivity contribution in [3.05, 3.63) is 33.5 Å². The van der Waals surface area contributed by atoms with Gasteiger partial charge >= 0.3 is 5.97 Å². The number of aryl methyl sites for hydroxylation is 1. The van der Waals surface area contributed by atoms with E-state index in [0.717, 1.165) is 15.3 Å². The molecule has 0 aliphatic rings. The van der Waals surface area contributed by atoms with Crippen LogP contribution < -0.4 is 5.32 Å². The van der Waals surface area contributed by atoms with Crippen LogP contribution in [-0.4, -0.2) is 39.4 Å². The SMILES string of the molecule is CCOC(=O)c1c(NC(=O)CSc2n[nH]c(-c3cccs3)n2)sc(C)c1C. The second-order valence-electron chi connectivity index (χ2n) is 5.49. The first-order chi connectivity index (χ1) is 13.0. The zero-order chi connectivity index (χ0) is 19.4. The second-order valence-corrected chi connectivity index (χ2v) is 8.60. The van der Waals surface area contributed by atoms with Crippen molar-refractivity contribution in [1.82, 2.24) is 15.2 Å². The van der Waals surface area contributed by atoms with Crippen LogP contribution in [0.5, 0.6) is 0 Å². The van der Waals surface area contributed by atoms with Gasteiger partial charge in [0.15, 0.2) is 5.82 Å². The highest BCUT2D eigenvalue weighted by molar-refractivity contribution is 7.99. The number of esters is 1. The number of aromatic amines is 1. The van der Waals surface area contributed by atoms with Gasteiger partial charge in [-0.1, -0.05) is 17.8 Å². The molecular weight excluding hydrogens is 404 g/mol. The van der Waals surface area contributed by atoms with Crippen molar-refractivity contribution in [2.45, 2.75) is 25.9 Å². The lowest BCUT2D eigenvalue weighted by atomic mass is 10.1. The molecule has 2 N–H and O–H groups in total. The van der Waals surface area contributed by atoms with Gasteiger partial charge in [0.2, 0.25) is 11.1 Å². The molecule has 0 fully saturated rings. The fourth-order valence-electron chi connectivity index (χ4n) is 2.29. The molecule has 0 spiro atoms. The van der Waals surface area contributed by atoms with E-state index in [9.17, 15) is 9.59 Å². The highest BCUT2D eigenvalue weighted by Crippen LogP contribution is 2.33. The third-order valence-electron chi connectivity index (χ3n) is 3.67. The molecule has 27 heavy (non-hydrogen) atoms. The van der Waals surface area contributed by atoms with Crippen molar-refractivity contribution in [2.75, 3.05) is 17.7 Å². The maximum atomic E-state index is 12.3. The zero-order valence-corrected chi connectivity index (χ0v) is 17.4. The van der Waals surface area contributed by atoms with Crippen LogP contribution in [0, 0.1) is 13.8 Å². The number of nitrogens with one attached hydrogen (secondary N) is 2. The lowest BCUT2D eigenvalue weighted by Gasteiger charge is -2.06. The van der Waals surface area contributed by atoms with Crippen molar-refractivity contribution >= 4 is 51.3 Å². The molecular formula is C17H18N4O3S3. The van der Waals surface area contributed by atoms with Gasteiger partial charge in [0.05, 0.1) is 22.8 Å². The molecule has 1 amide bonds. The quantitative estimate of drug-likeness (QED) is 0.439. The first kappa shape index (κ1) is 19.6. The van der Waals surface area contributed by atoms with Gasteiger partial charge < -0.3 is 10.1 Å². The summed E-state index contributed by atoms with van der Waals surface area (Å²) >= 11 is 4.16. The van der Waals surface area contributed by atoms with E-state index in [1.54, 1.807) is 18.3 Å². The third kappa shape index (κ3) is 4.57. The number of carbonyl (C=O) groups is 2. The van der Waals surface area contributed by atoms with Crippen molar-refractivity contribution in [2.24, 2.45) is 0 Å². The first-order valence-corrected chi connectivity index (χ1v) is 10.8. The Bertz CT molecular complexity index is 947. The van der Waals surface area contributed by atoms with E-state index in [1.165, 1.54) is 23.1 Å². The molecule has 0 bridgehead atoms. The minimum absolute atomic E-state index is 0.139. The summed E-state index contributed by atoms with van der Waals surface area (Å²) in [6.07, 6.45) is 0. The summed E-state index contributed by atoms with van der Waals surface area (Å²) in [4.78, 5) is 30.8. The maximum absolute atomic E-state index is 12.3. The molecule has 0 aromatic carbocycles. The van der Waals surface area contributed by atoms with Crippen LogP contribution in [0.2, 0.25) is 0 Å². The monoisotopic (exact) mass is 422 g/mol. The molecule has 3 aromatic rings. The molecule has 142 valence electrons. The smallest absolute Gasteiger partial charge is 0.341 e. The van der Waals surface area contributed by atoms with Gasteiger partial charge in [0.1, 0.15) is 5.00 Å². The van der Waals surface area contributed by atoms with E-state index < -0.39 is 5.97 Å². The molecule has 0 radical (unpaired) electrons. The Balaban J connectivity index is 1.63. The van der Waals surface area contributed by atoms with Crippen molar-refractivity contribution < 1.29 is 14.3 Å². The van der Waals surface area contributed by atoms with Crippen LogP contribution in [0.3, 0.4) is 0 Å². The van der Waals surface area contributed by atoms with Gasteiger partial charge in [0.25, 0.3) is 0 Å². The van der Waals surface area contributed by atoms with Gasteiger partial charge in [-0.15, -0.1) is 27.8 Å². The Labute approximate surface area is 168 Å². The normalized spacial score (nSPS) is 10.8. The number of H-pyrrole nitrogens is 1. The molecule has 0 saturated heterocycles. The first-order valence-electron chi connectivity index (χ1n) is 8.15. The zero-order valence-electron chi connectivity index (χ0n) is 15.0. The fraction of sp³-hybridized carbons (Fsp3) is 0.294. The van der Waals surface area contributed by atoms with Crippen LogP contribution in [0.1, 0.15) is 27.7 Å². The van der Waals surface area contributed by atoms with Gasteiger partial charge in [-0.3, -0.25) is 9.89 Å². The largest absolute Gasteiger partial charge is 0.462 e. The number of ether oxygens (including phenoxy) is 1. The number of rotatable bonds is 7. The predicted octanol–water partition coefficient (Wildman–Crippen LogP) is 4.12. The summed E-state index contributed by atoms with van der Waals surface area (Å²) in [6, 6.07) is 3.89. The molecule has 7 nitrogen and oxygen atoms in total. The number of nitrogens with zero attached hydrogens (tertiary/aromatic N) is 2. The lowest BCUT2D eigenvalue weighted by Crippen LogP contribution is -2.16. The van der Waals surface area contributed by atoms with Crippen molar-refractivity contribution in [3.63, 3.8) is 0 Å². The number of aromatic nitrogens is 3. The summed E-state index contributed by atoms with van der Waals surface area (Å²) in [5, 5.41) is 12.8. The average Bonchev–Trinajstić information content (AvgIpc) is 3.35. The molecule has 0 saturated carbocycles. The van der Waals surface area contributed by atoms with E-state index in [0.29, 0.717) is 21.5 Å². The van der Waals surface area contributed by atoms with Crippen LogP contribution in [0.15, 0.2) is 22.7 Å². The Morgan fingerprint density at radius 3 is 2.89 bits per heavy atom. The number of amides is 1. The van der Waals surface area contributed by atoms with E-state index >= 15 is 0 Å². The van der Waals surface area contributed by atoms with Gasteiger partial charge in [-0.25, -0.2) is 9.78 Å². The minimum Gasteiger partial charge on any atom is -0.462 e. The highest BCUT2D eigenvalue weighted by Gasteiger charge is 2.22. The summed E-state index contributed by atoms with van der Waals surface area (Å²) < 4.78 is 5.10. The summed E-state index contributed by atoms with van der Waals surface area (Å²) in [7, 11) is 0. The Morgan fingerprint density at radius 2 is 2.19 bits per heavy atom. The number of thiophene rings is 2. The Morgan fingerprint density at radius 1 is 1.37 bits per heavy atom. The Kier molecular flexibility index (Phi) is 6.30. The number of anilines is 1.